The lowest BCUT2D eigenvalue weighted by atomic mass is 10.0. The molecule has 0 fully saturated rings. The number of phenolic OH excluding ortho intramolecular Hbond substituents is 1. The highest BCUT2D eigenvalue weighted by molar-refractivity contribution is 6.02. The van der Waals surface area contributed by atoms with Crippen molar-refractivity contribution in [3.05, 3.63) is 64.7 Å². The number of esters is 1. The fourth-order valence-corrected chi connectivity index (χ4v) is 2.05. The molecule has 2 rings (SSSR count). The van der Waals surface area contributed by atoms with E-state index in [-0.39, 0.29) is 17.1 Å². The van der Waals surface area contributed by atoms with Crippen molar-refractivity contribution in [2.24, 2.45) is 0 Å². The molecule has 0 aromatic heterocycles. The molecule has 0 aliphatic carbocycles. The van der Waals surface area contributed by atoms with E-state index in [9.17, 15) is 14.7 Å². The van der Waals surface area contributed by atoms with Crippen LogP contribution in [0.4, 0.5) is 0 Å². The predicted molar refractivity (Wildman–Crippen MR) is 83.2 cm³/mol. The van der Waals surface area contributed by atoms with Crippen molar-refractivity contribution in [2.75, 3.05) is 0 Å². The fourth-order valence-electron chi connectivity index (χ4n) is 2.05. The summed E-state index contributed by atoms with van der Waals surface area (Å²) in [5.41, 5.74) is 2.64. The van der Waals surface area contributed by atoms with Crippen LogP contribution < -0.4 is 0 Å². The zero-order valence-electron chi connectivity index (χ0n) is 12.8. The third kappa shape index (κ3) is 3.34. The van der Waals surface area contributed by atoms with E-state index in [1.165, 1.54) is 19.1 Å². The molecule has 0 saturated heterocycles. The van der Waals surface area contributed by atoms with Crippen molar-refractivity contribution in [1.29, 1.82) is 0 Å². The zero-order chi connectivity index (χ0) is 16.3. The van der Waals surface area contributed by atoms with Crippen LogP contribution in [0.25, 0.3) is 0 Å². The maximum absolute atomic E-state index is 12.3. The molecule has 1 N–H and O–H groups in total. The van der Waals surface area contributed by atoms with Gasteiger partial charge in [-0.15, -0.1) is 0 Å². The highest BCUT2D eigenvalue weighted by Gasteiger charge is 2.22. The number of phenols is 1. The lowest BCUT2D eigenvalue weighted by Gasteiger charge is -2.13. The topological polar surface area (TPSA) is 63.6 Å². The Bertz CT molecular complexity index is 719. The third-order valence-corrected chi connectivity index (χ3v) is 3.57. The number of hydrogen-bond donors (Lipinski definition) is 1. The molecule has 0 heterocycles. The van der Waals surface area contributed by atoms with Crippen LogP contribution in [0.5, 0.6) is 5.75 Å². The smallest absolute Gasteiger partial charge is 0.342 e. The first-order chi connectivity index (χ1) is 10.4. The summed E-state index contributed by atoms with van der Waals surface area (Å²) in [4.78, 5) is 24.3. The second-order valence-electron chi connectivity index (χ2n) is 5.23. The Morgan fingerprint density at radius 1 is 1.05 bits per heavy atom. The zero-order valence-corrected chi connectivity index (χ0v) is 12.8. The molecular formula is C18H18O4. The van der Waals surface area contributed by atoms with E-state index in [1.54, 1.807) is 24.3 Å². The van der Waals surface area contributed by atoms with Gasteiger partial charge in [-0.05, 0) is 50.1 Å². The van der Waals surface area contributed by atoms with E-state index >= 15 is 0 Å². The van der Waals surface area contributed by atoms with Crippen LogP contribution in [0.1, 0.15) is 38.8 Å². The van der Waals surface area contributed by atoms with Gasteiger partial charge in [0.25, 0.3) is 0 Å². The minimum Gasteiger partial charge on any atom is -0.507 e. The monoisotopic (exact) mass is 298 g/mol. The Morgan fingerprint density at radius 3 is 2.36 bits per heavy atom. The molecule has 114 valence electrons. The number of ketones is 1. The molecule has 0 aliphatic rings. The van der Waals surface area contributed by atoms with Crippen LogP contribution >= 0.6 is 0 Å². The van der Waals surface area contributed by atoms with Crippen molar-refractivity contribution in [1.82, 2.24) is 0 Å². The minimum atomic E-state index is -0.922. The highest BCUT2D eigenvalue weighted by atomic mass is 16.5. The Balaban J connectivity index is 2.13. The van der Waals surface area contributed by atoms with E-state index < -0.39 is 12.1 Å². The van der Waals surface area contributed by atoms with E-state index in [4.69, 9.17) is 4.74 Å². The van der Waals surface area contributed by atoms with Gasteiger partial charge in [0.15, 0.2) is 6.10 Å². The summed E-state index contributed by atoms with van der Waals surface area (Å²) in [6, 6.07) is 11.4. The number of Topliss-reactive ketones (excluding diaryl/α,β-unsaturated/α-hetero) is 1. The van der Waals surface area contributed by atoms with Crippen LogP contribution in [0.3, 0.4) is 0 Å². The highest BCUT2D eigenvalue weighted by Crippen LogP contribution is 2.18. The molecule has 0 aliphatic heterocycles. The van der Waals surface area contributed by atoms with E-state index in [0.717, 1.165) is 11.1 Å². The van der Waals surface area contributed by atoms with Gasteiger partial charge in [-0.1, -0.05) is 24.3 Å². The molecule has 1 atom stereocenters. The van der Waals surface area contributed by atoms with Gasteiger partial charge in [-0.2, -0.15) is 0 Å². The first-order valence-electron chi connectivity index (χ1n) is 7.00. The SMILES string of the molecule is Cc1ccc(C(=O)[C@H](C)OC(=O)c2ccccc2O)cc1C. The number of para-hydroxylation sites is 1. The average molecular weight is 298 g/mol. The molecule has 0 amide bonds. The summed E-state index contributed by atoms with van der Waals surface area (Å²) in [6.45, 7) is 5.41. The number of aryl methyl sites for hydroxylation is 2. The van der Waals surface area contributed by atoms with Crippen molar-refractivity contribution >= 4 is 11.8 Å². The molecule has 2 aromatic rings. The molecule has 22 heavy (non-hydrogen) atoms. The van der Waals surface area contributed by atoms with E-state index in [2.05, 4.69) is 0 Å². The summed E-state index contributed by atoms with van der Waals surface area (Å²) in [6.07, 6.45) is -0.922. The molecule has 4 heteroatoms. The maximum atomic E-state index is 12.3. The summed E-state index contributed by atoms with van der Waals surface area (Å²) in [7, 11) is 0. The second kappa shape index (κ2) is 6.43. The summed E-state index contributed by atoms with van der Waals surface area (Å²) >= 11 is 0. The van der Waals surface area contributed by atoms with Gasteiger partial charge in [0.05, 0.1) is 0 Å². The number of hydrogen-bond acceptors (Lipinski definition) is 4. The number of rotatable bonds is 4. The van der Waals surface area contributed by atoms with Gasteiger partial charge in [0.1, 0.15) is 11.3 Å². The Kier molecular flexibility index (Phi) is 4.61. The van der Waals surface area contributed by atoms with Gasteiger partial charge in [-0.3, -0.25) is 4.79 Å². The largest absolute Gasteiger partial charge is 0.507 e. The average Bonchev–Trinajstić information content (AvgIpc) is 2.49. The number of benzene rings is 2. The van der Waals surface area contributed by atoms with Crippen LogP contribution in [-0.4, -0.2) is 23.0 Å². The third-order valence-electron chi connectivity index (χ3n) is 3.57. The number of carbonyl (C=O) groups excluding carboxylic acids is 2. The second-order valence-corrected chi connectivity index (χ2v) is 5.23. The van der Waals surface area contributed by atoms with E-state index in [1.807, 2.05) is 19.9 Å². The standard InChI is InChI=1S/C18H18O4/c1-11-8-9-14(10-12(11)2)17(20)13(3)22-18(21)15-6-4-5-7-16(15)19/h4-10,13,19H,1-3H3/t13-/m0/s1. The molecule has 0 bridgehead atoms. The molecule has 0 radical (unpaired) electrons. The summed E-state index contributed by atoms with van der Waals surface area (Å²) in [5, 5.41) is 9.63. The van der Waals surface area contributed by atoms with Crippen LogP contribution in [0.15, 0.2) is 42.5 Å². The number of aromatic hydroxyl groups is 1. The lowest BCUT2D eigenvalue weighted by molar-refractivity contribution is 0.0316. The van der Waals surface area contributed by atoms with Gasteiger partial charge < -0.3 is 9.84 Å². The van der Waals surface area contributed by atoms with Crippen molar-refractivity contribution in [3.63, 3.8) is 0 Å². The first-order valence-corrected chi connectivity index (χ1v) is 7.00. The maximum Gasteiger partial charge on any atom is 0.342 e. The first kappa shape index (κ1) is 15.8. The Labute approximate surface area is 129 Å². The van der Waals surface area contributed by atoms with Gasteiger partial charge in [0, 0.05) is 5.56 Å². The minimum absolute atomic E-state index is 0.0437. The molecule has 0 spiro atoms. The van der Waals surface area contributed by atoms with Crippen molar-refractivity contribution in [2.45, 2.75) is 26.9 Å². The predicted octanol–water partition coefficient (Wildman–Crippen LogP) is 3.44. The Morgan fingerprint density at radius 2 is 1.73 bits per heavy atom. The van der Waals surface area contributed by atoms with E-state index in [0.29, 0.717) is 5.56 Å². The Hall–Kier alpha value is -2.62. The quantitative estimate of drug-likeness (QED) is 0.693. The summed E-state index contributed by atoms with van der Waals surface area (Å²) in [5.74, 6) is -1.16. The van der Waals surface area contributed by atoms with Crippen molar-refractivity contribution in [3.8, 4) is 5.75 Å². The molecule has 0 saturated carbocycles. The molecule has 0 unspecified atom stereocenters. The normalized spacial score (nSPS) is 11.8. The van der Waals surface area contributed by atoms with Crippen LogP contribution in [0, 0.1) is 13.8 Å². The van der Waals surface area contributed by atoms with Crippen LogP contribution in [0.2, 0.25) is 0 Å². The van der Waals surface area contributed by atoms with Gasteiger partial charge in [0.2, 0.25) is 5.78 Å². The molecular weight excluding hydrogens is 280 g/mol. The van der Waals surface area contributed by atoms with Gasteiger partial charge >= 0.3 is 5.97 Å². The lowest BCUT2D eigenvalue weighted by Crippen LogP contribution is -2.24. The van der Waals surface area contributed by atoms with Gasteiger partial charge in [-0.25, -0.2) is 4.79 Å². The summed E-state index contributed by atoms with van der Waals surface area (Å²) < 4.78 is 5.16. The fraction of sp³-hybridized carbons (Fsp3) is 0.222. The number of carbonyl (C=O) groups is 2. The van der Waals surface area contributed by atoms with Crippen molar-refractivity contribution < 1.29 is 19.4 Å². The van der Waals surface area contributed by atoms with Crippen LogP contribution in [-0.2, 0) is 4.74 Å². The molecule has 2 aromatic carbocycles. The number of ether oxygens (including phenoxy) is 1. The molecule has 4 nitrogen and oxygen atoms in total.